The Balaban J connectivity index is 2.11. The first-order valence-corrected chi connectivity index (χ1v) is 8.61. The second-order valence-electron chi connectivity index (χ2n) is 5.53. The largest absolute Gasteiger partial charge is 0.378 e. The molecule has 0 amide bonds. The van der Waals surface area contributed by atoms with Crippen molar-refractivity contribution < 1.29 is 4.74 Å². The average Bonchev–Trinajstić information content (AvgIpc) is 2.52. The highest BCUT2D eigenvalue weighted by molar-refractivity contribution is 5.79. The Bertz CT molecular complexity index is 296. The molecule has 0 atom stereocenters. The highest BCUT2D eigenvalue weighted by Crippen LogP contribution is 2.20. The smallest absolute Gasteiger partial charge is 0.191 e. The number of aliphatic imine (C=N–C) groups is 1. The van der Waals surface area contributed by atoms with Crippen molar-refractivity contribution in [2.45, 2.75) is 64.9 Å². The number of ether oxygens (including phenoxy) is 1. The Labute approximate surface area is 130 Å². The zero-order valence-corrected chi connectivity index (χ0v) is 13.9. The number of hydrogen-bond acceptors (Lipinski definition) is 2. The summed E-state index contributed by atoms with van der Waals surface area (Å²) in [6.45, 7) is 7.63. The molecule has 0 bridgehead atoms. The van der Waals surface area contributed by atoms with Gasteiger partial charge in [0.2, 0.25) is 0 Å². The fourth-order valence-corrected chi connectivity index (χ4v) is 2.52. The first-order valence-electron chi connectivity index (χ1n) is 8.61. The van der Waals surface area contributed by atoms with Crippen LogP contribution in [0.1, 0.15) is 58.8 Å². The lowest BCUT2D eigenvalue weighted by atomic mass is 9.98. The molecule has 4 nitrogen and oxygen atoms in total. The second-order valence-corrected chi connectivity index (χ2v) is 5.53. The predicted molar refractivity (Wildman–Crippen MR) is 90.9 cm³/mol. The van der Waals surface area contributed by atoms with Gasteiger partial charge in [0, 0.05) is 26.2 Å². The van der Waals surface area contributed by atoms with E-state index in [1.165, 1.54) is 32.1 Å². The summed E-state index contributed by atoms with van der Waals surface area (Å²) in [6.07, 6.45) is 13.3. The Hall–Kier alpha value is -1.03. The van der Waals surface area contributed by atoms with E-state index in [0.29, 0.717) is 6.10 Å². The number of nitrogens with one attached hydrogen (secondary N) is 2. The standard InChI is InChI=1S/C17H33N3O/c1-3-5-9-13-19-17(18-4-2)20-14-10-15-21-16-11-7-6-8-12-16/h3,5,16H,4,6-15H2,1-2H3,(H2,18,19,20)/b5-3+. The third-order valence-corrected chi connectivity index (χ3v) is 3.66. The normalized spacial score (nSPS) is 17.3. The molecule has 0 aromatic carbocycles. The molecule has 0 radical (unpaired) electrons. The van der Waals surface area contributed by atoms with Gasteiger partial charge in [-0.05, 0) is 39.5 Å². The van der Waals surface area contributed by atoms with E-state index in [2.05, 4.69) is 34.7 Å². The third-order valence-electron chi connectivity index (χ3n) is 3.66. The molecule has 1 aliphatic carbocycles. The van der Waals surface area contributed by atoms with Crippen LogP contribution in [0, 0.1) is 0 Å². The molecular weight excluding hydrogens is 262 g/mol. The average molecular weight is 295 g/mol. The molecule has 0 aromatic heterocycles. The minimum atomic E-state index is 0.509. The van der Waals surface area contributed by atoms with Crippen LogP contribution in [0.3, 0.4) is 0 Å². The van der Waals surface area contributed by atoms with Crippen LogP contribution in [0.5, 0.6) is 0 Å². The maximum absolute atomic E-state index is 5.92. The molecule has 4 heteroatoms. The van der Waals surface area contributed by atoms with Gasteiger partial charge in [-0.2, -0.15) is 0 Å². The van der Waals surface area contributed by atoms with Crippen LogP contribution < -0.4 is 10.6 Å². The van der Waals surface area contributed by atoms with Gasteiger partial charge >= 0.3 is 0 Å². The number of hydrogen-bond donors (Lipinski definition) is 2. The molecule has 1 rings (SSSR count). The molecule has 0 unspecified atom stereocenters. The van der Waals surface area contributed by atoms with Gasteiger partial charge in [0.25, 0.3) is 0 Å². The van der Waals surface area contributed by atoms with Gasteiger partial charge in [-0.15, -0.1) is 0 Å². The van der Waals surface area contributed by atoms with Gasteiger partial charge in [-0.25, -0.2) is 0 Å². The molecule has 0 spiro atoms. The number of guanidine groups is 1. The second kappa shape index (κ2) is 12.7. The van der Waals surface area contributed by atoms with E-state index in [1.54, 1.807) is 0 Å². The molecule has 1 aliphatic rings. The maximum atomic E-state index is 5.92. The van der Waals surface area contributed by atoms with Crippen molar-refractivity contribution in [3.63, 3.8) is 0 Å². The molecule has 0 saturated heterocycles. The zero-order chi connectivity index (χ0) is 15.2. The van der Waals surface area contributed by atoms with Crippen LogP contribution in [-0.2, 0) is 4.74 Å². The Morgan fingerprint density at radius 2 is 2.05 bits per heavy atom. The highest BCUT2D eigenvalue weighted by atomic mass is 16.5. The van der Waals surface area contributed by atoms with Crippen molar-refractivity contribution in [2.24, 2.45) is 4.99 Å². The van der Waals surface area contributed by atoms with Crippen molar-refractivity contribution in [1.29, 1.82) is 0 Å². The van der Waals surface area contributed by atoms with E-state index >= 15 is 0 Å². The SMILES string of the molecule is C/C=C/CCNC(=NCCCOC1CCCCC1)NCC. The molecule has 1 fully saturated rings. The van der Waals surface area contributed by atoms with E-state index < -0.39 is 0 Å². The summed E-state index contributed by atoms with van der Waals surface area (Å²) < 4.78 is 5.92. The van der Waals surface area contributed by atoms with Gasteiger partial charge in [-0.3, -0.25) is 4.99 Å². The lowest BCUT2D eigenvalue weighted by Crippen LogP contribution is -2.37. The lowest BCUT2D eigenvalue weighted by molar-refractivity contribution is 0.0281. The van der Waals surface area contributed by atoms with E-state index in [9.17, 15) is 0 Å². The minimum Gasteiger partial charge on any atom is -0.378 e. The van der Waals surface area contributed by atoms with E-state index in [-0.39, 0.29) is 0 Å². The monoisotopic (exact) mass is 295 g/mol. The quantitative estimate of drug-likeness (QED) is 0.297. The van der Waals surface area contributed by atoms with Crippen LogP contribution in [-0.4, -0.2) is 38.3 Å². The van der Waals surface area contributed by atoms with Crippen molar-refractivity contribution >= 4 is 5.96 Å². The topological polar surface area (TPSA) is 45.7 Å². The molecule has 0 heterocycles. The highest BCUT2D eigenvalue weighted by Gasteiger charge is 2.12. The number of nitrogens with zero attached hydrogens (tertiary/aromatic N) is 1. The minimum absolute atomic E-state index is 0.509. The summed E-state index contributed by atoms with van der Waals surface area (Å²) in [4.78, 5) is 4.58. The zero-order valence-electron chi connectivity index (χ0n) is 13.9. The number of rotatable bonds is 9. The summed E-state index contributed by atoms with van der Waals surface area (Å²) >= 11 is 0. The van der Waals surface area contributed by atoms with Crippen molar-refractivity contribution in [1.82, 2.24) is 10.6 Å². The van der Waals surface area contributed by atoms with Crippen LogP contribution in [0.2, 0.25) is 0 Å². The maximum Gasteiger partial charge on any atom is 0.191 e. The Kier molecular flexibility index (Phi) is 10.9. The molecule has 1 saturated carbocycles. The Morgan fingerprint density at radius 3 is 2.76 bits per heavy atom. The van der Waals surface area contributed by atoms with Crippen LogP contribution in [0.15, 0.2) is 17.1 Å². The molecule has 122 valence electrons. The summed E-state index contributed by atoms with van der Waals surface area (Å²) in [6, 6.07) is 0. The van der Waals surface area contributed by atoms with E-state index in [1.807, 2.05) is 6.92 Å². The lowest BCUT2D eigenvalue weighted by Gasteiger charge is -2.21. The Morgan fingerprint density at radius 1 is 1.24 bits per heavy atom. The molecule has 21 heavy (non-hydrogen) atoms. The number of allylic oxidation sites excluding steroid dienone is 1. The van der Waals surface area contributed by atoms with Crippen LogP contribution >= 0.6 is 0 Å². The molecular formula is C17H33N3O. The van der Waals surface area contributed by atoms with Gasteiger partial charge in [-0.1, -0.05) is 31.4 Å². The van der Waals surface area contributed by atoms with Crippen molar-refractivity contribution in [3.05, 3.63) is 12.2 Å². The van der Waals surface area contributed by atoms with Gasteiger partial charge in [0.15, 0.2) is 5.96 Å². The van der Waals surface area contributed by atoms with E-state index in [0.717, 1.165) is 45.0 Å². The summed E-state index contributed by atoms with van der Waals surface area (Å²) in [5, 5.41) is 6.62. The fraction of sp³-hybridized carbons (Fsp3) is 0.824. The van der Waals surface area contributed by atoms with Crippen LogP contribution in [0.25, 0.3) is 0 Å². The van der Waals surface area contributed by atoms with E-state index in [4.69, 9.17) is 4.74 Å². The molecule has 0 aromatic rings. The van der Waals surface area contributed by atoms with Gasteiger partial charge in [0.05, 0.1) is 6.10 Å². The summed E-state index contributed by atoms with van der Waals surface area (Å²) in [5.41, 5.74) is 0. The van der Waals surface area contributed by atoms with Gasteiger partial charge < -0.3 is 15.4 Å². The molecule has 0 aliphatic heterocycles. The fourth-order valence-electron chi connectivity index (χ4n) is 2.52. The first-order chi connectivity index (χ1) is 10.4. The summed E-state index contributed by atoms with van der Waals surface area (Å²) in [5.74, 6) is 0.916. The van der Waals surface area contributed by atoms with Crippen molar-refractivity contribution in [3.8, 4) is 0 Å². The van der Waals surface area contributed by atoms with Gasteiger partial charge in [0.1, 0.15) is 0 Å². The predicted octanol–water partition coefficient (Wildman–Crippen LogP) is 3.25. The molecule has 2 N–H and O–H groups in total. The first kappa shape index (κ1) is 18.0. The summed E-state index contributed by atoms with van der Waals surface area (Å²) in [7, 11) is 0. The van der Waals surface area contributed by atoms with Crippen LogP contribution in [0.4, 0.5) is 0 Å². The third kappa shape index (κ3) is 9.51. The van der Waals surface area contributed by atoms with Crippen molar-refractivity contribution in [2.75, 3.05) is 26.2 Å².